The van der Waals surface area contributed by atoms with Gasteiger partial charge in [0.2, 0.25) is 0 Å². The van der Waals surface area contributed by atoms with Crippen LogP contribution in [0.4, 0.5) is 4.39 Å². The van der Waals surface area contributed by atoms with Gasteiger partial charge in [0.05, 0.1) is 11.8 Å². The molecule has 3 heteroatoms. The molecule has 0 amide bonds. The molecule has 3 rings (SSSR count). The van der Waals surface area contributed by atoms with Crippen LogP contribution in [0.2, 0.25) is 0 Å². The standard InChI is InChI=1S/C18H21FOS/c1-3-4-12-5-7-13(8-6-12)16-11-14-9-10-15(20-2)17(19)18(14)21-16/h3-4,9-13H,5-8H2,1-2H3/b4-3+. The van der Waals surface area contributed by atoms with Gasteiger partial charge in [0.15, 0.2) is 11.6 Å². The van der Waals surface area contributed by atoms with E-state index in [1.807, 2.05) is 6.07 Å². The summed E-state index contributed by atoms with van der Waals surface area (Å²) in [5.74, 6) is 1.45. The van der Waals surface area contributed by atoms with Gasteiger partial charge in [-0.05, 0) is 68.0 Å². The van der Waals surface area contributed by atoms with E-state index >= 15 is 0 Å². The summed E-state index contributed by atoms with van der Waals surface area (Å²) in [5, 5.41) is 1.00. The van der Waals surface area contributed by atoms with Crippen molar-refractivity contribution in [2.24, 2.45) is 5.92 Å². The highest BCUT2D eigenvalue weighted by Crippen LogP contribution is 2.42. The predicted octanol–water partition coefficient (Wildman–Crippen LogP) is 5.90. The van der Waals surface area contributed by atoms with Gasteiger partial charge in [-0.2, -0.15) is 0 Å². The molecule has 0 spiro atoms. The Bertz CT molecular complexity index is 651. The number of benzene rings is 1. The number of fused-ring (bicyclic) bond motifs is 1. The Morgan fingerprint density at radius 3 is 2.67 bits per heavy atom. The Kier molecular flexibility index (Phi) is 4.29. The van der Waals surface area contributed by atoms with Crippen molar-refractivity contribution in [3.63, 3.8) is 0 Å². The minimum Gasteiger partial charge on any atom is -0.494 e. The van der Waals surface area contributed by atoms with Crippen molar-refractivity contribution >= 4 is 21.4 Å². The van der Waals surface area contributed by atoms with Crippen molar-refractivity contribution in [3.05, 3.63) is 41.0 Å². The highest BCUT2D eigenvalue weighted by Gasteiger charge is 2.23. The third-order valence-corrected chi connectivity index (χ3v) is 5.77. The van der Waals surface area contributed by atoms with Gasteiger partial charge in [-0.3, -0.25) is 0 Å². The van der Waals surface area contributed by atoms with Gasteiger partial charge in [-0.25, -0.2) is 4.39 Å². The molecule has 1 aliphatic carbocycles. The molecule has 2 aromatic rings. The fourth-order valence-corrected chi connectivity index (χ4v) is 4.56. The van der Waals surface area contributed by atoms with E-state index in [1.54, 1.807) is 17.4 Å². The molecule has 0 unspecified atom stereocenters. The molecule has 0 N–H and O–H groups in total. The Morgan fingerprint density at radius 1 is 1.24 bits per heavy atom. The van der Waals surface area contributed by atoms with E-state index in [1.165, 1.54) is 37.7 Å². The highest BCUT2D eigenvalue weighted by molar-refractivity contribution is 7.19. The summed E-state index contributed by atoms with van der Waals surface area (Å²) in [7, 11) is 1.52. The van der Waals surface area contributed by atoms with Crippen LogP contribution in [0.1, 0.15) is 43.4 Å². The van der Waals surface area contributed by atoms with E-state index in [-0.39, 0.29) is 5.82 Å². The second kappa shape index (κ2) is 6.18. The fraction of sp³-hybridized carbons (Fsp3) is 0.444. The first-order chi connectivity index (χ1) is 10.2. The number of hydrogen-bond acceptors (Lipinski definition) is 2. The molecule has 1 nitrogen and oxygen atoms in total. The zero-order chi connectivity index (χ0) is 14.8. The lowest BCUT2D eigenvalue weighted by Crippen LogP contribution is -2.10. The molecular formula is C18H21FOS. The number of hydrogen-bond donors (Lipinski definition) is 0. The minimum atomic E-state index is -0.214. The third-order valence-electron chi connectivity index (χ3n) is 4.47. The zero-order valence-electron chi connectivity index (χ0n) is 12.6. The van der Waals surface area contributed by atoms with Crippen LogP contribution in [0.5, 0.6) is 5.75 Å². The zero-order valence-corrected chi connectivity index (χ0v) is 13.4. The van der Waals surface area contributed by atoms with E-state index in [0.29, 0.717) is 11.7 Å². The summed E-state index contributed by atoms with van der Waals surface area (Å²) in [5.41, 5.74) is 0. The van der Waals surface area contributed by atoms with Crippen molar-refractivity contribution in [1.29, 1.82) is 0 Å². The van der Waals surface area contributed by atoms with Crippen LogP contribution < -0.4 is 4.74 Å². The van der Waals surface area contributed by atoms with Crippen LogP contribution in [0, 0.1) is 11.7 Å². The van der Waals surface area contributed by atoms with Gasteiger partial charge in [0, 0.05) is 4.88 Å². The van der Waals surface area contributed by atoms with E-state index in [0.717, 1.165) is 16.0 Å². The molecular weight excluding hydrogens is 283 g/mol. The van der Waals surface area contributed by atoms with Crippen molar-refractivity contribution in [2.75, 3.05) is 7.11 Å². The van der Waals surface area contributed by atoms with Gasteiger partial charge in [-0.1, -0.05) is 12.2 Å². The summed E-state index contributed by atoms with van der Waals surface area (Å²) >= 11 is 1.60. The molecule has 0 atom stereocenters. The first-order valence-electron chi connectivity index (χ1n) is 7.61. The number of thiophene rings is 1. The summed E-state index contributed by atoms with van der Waals surface area (Å²) in [6.07, 6.45) is 9.39. The molecule has 1 heterocycles. The maximum atomic E-state index is 14.3. The lowest BCUT2D eigenvalue weighted by atomic mass is 9.81. The number of methoxy groups -OCH3 is 1. The highest BCUT2D eigenvalue weighted by atomic mass is 32.1. The summed E-state index contributed by atoms with van der Waals surface area (Å²) < 4.78 is 20.1. The molecule has 1 fully saturated rings. The molecule has 1 saturated carbocycles. The molecule has 1 aromatic heterocycles. The normalized spacial score (nSPS) is 23.0. The second-order valence-corrected chi connectivity index (χ2v) is 6.87. The van der Waals surface area contributed by atoms with Gasteiger partial charge in [0.1, 0.15) is 0 Å². The van der Waals surface area contributed by atoms with E-state index in [4.69, 9.17) is 4.74 Å². The fourth-order valence-electron chi connectivity index (χ4n) is 3.30. The molecule has 0 saturated heterocycles. The van der Waals surface area contributed by atoms with Gasteiger partial charge in [-0.15, -0.1) is 11.3 Å². The maximum Gasteiger partial charge on any atom is 0.182 e. The summed E-state index contributed by atoms with van der Waals surface area (Å²) in [6, 6.07) is 5.85. The second-order valence-electron chi connectivity index (χ2n) is 5.79. The van der Waals surface area contributed by atoms with Crippen molar-refractivity contribution in [1.82, 2.24) is 0 Å². The van der Waals surface area contributed by atoms with E-state index in [2.05, 4.69) is 25.1 Å². The Morgan fingerprint density at radius 2 is 2.00 bits per heavy atom. The first kappa shape index (κ1) is 14.6. The molecule has 0 aliphatic heterocycles. The SMILES string of the molecule is C/C=C/C1CCC(c2cc3ccc(OC)c(F)c3s2)CC1. The van der Waals surface area contributed by atoms with Crippen molar-refractivity contribution < 1.29 is 9.13 Å². The van der Waals surface area contributed by atoms with Crippen molar-refractivity contribution in [3.8, 4) is 5.75 Å². The number of halogens is 1. The average Bonchev–Trinajstić information content (AvgIpc) is 2.94. The lowest BCUT2D eigenvalue weighted by molar-refractivity contribution is 0.379. The third kappa shape index (κ3) is 2.84. The lowest BCUT2D eigenvalue weighted by Gasteiger charge is -2.25. The largest absolute Gasteiger partial charge is 0.494 e. The van der Waals surface area contributed by atoms with E-state index in [9.17, 15) is 4.39 Å². The van der Waals surface area contributed by atoms with E-state index < -0.39 is 0 Å². The summed E-state index contributed by atoms with van der Waals surface area (Å²) in [6.45, 7) is 2.09. The van der Waals surface area contributed by atoms with Crippen LogP contribution in [0.15, 0.2) is 30.4 Å². The average molecular weight is 304 g/mol. The predicted molar refractivity (Wildman–Crippen MR) is 87.8 cm³/mol. The van der Waals surface area contributed by atoms with Gasteiger partial charge < -0.3 is 4.74 Å². The Labute approximate surface area is 129 Å². The quantitative estimate of drug-likeness (QED) is 0.642. The smallest absolute Gasteiger partial charge is 0.182 e. The minimum absolute atomic E-state index is 0.214. The summed E-state index contributed by atoms with van der Waals surface area (Å²) in [4.78, 5) is 1.33. The molecule has 0 bridgehead atoms. The van der Waals surface area contributed by atoms with Crippen LogP contribution >= 0.6 is 11.3 Å². The molecule has 1 aliphatic rings. The van der Waals surface area contributed by atoms with Crippen LogP contribution in [-0.4, -0.2) is 7.11 Å². The first-order valence-corrected chi connectivity index (χ1v) is 8.43. The molecule has 1 aromatic carbocycles. The Balaban J connectivity index is 1.84. The molecule has 21 heavy (non-hydrogen) atoms. The van der Waals surface area contributed by atoms with Crippen LogP contribution in [-0.2, 0) is 0 Å². The van der Waals surface area contributed by atoms with Crippen LogP contribution in [0.3, 0.4) is 0 Å². The molecule has 0 radical (unpaired) electrons. The van der Waals surface area contributed by atoms with Gasteiger partial charge in [0.25, 0.3) is 0 Å². The van der Waals surface area contributed by atoms with Crippen LogP contribution in [0.25, 0.3) is 10.1 Å². The monoisotopic (exact) mass is 304 g/mol. The number of ether oxygens (including phenoxy) is 1. The topological polar surface area (TPSA) is 9.23 Å². The maximum absolute atomic E-state index is 14.3. The Hall–Kier alpha value is -1.35. The number of allylic oxidation sites excluding steroid dienone is 2. The van der Waals surface area contributed by atoms with Crippen molar-refractivity contribution in [2.45, 2.75) is 38.5 Å². The van der Waals surface area contributed by atoms with Gasteiger partial charge >= 0.3 is 0 Å². The number of rotatable bonds is 3. The molecule has 112 valence electrons.